The van der Waals surface area contributed by atoms with E-state index in [4.69, 9.17) is 0 Å². The van der Waals surface area contributed by atoms with Gasteiger partial charge in [-0.15, -0.1) is 0 Å². The Morgan fingerprint density at radius 2 is 1.36 bits per heavy atom. The maximum absolute atomic E-state index is 2.42. The molecule has 1 aliphatic rings. The average Bonchev–Trinajstić information content (AvgIpc) is 2.03. The van der Waals surface area contributed by atoms with Crippen LogP contribution < -0.4 is 0 Å². The van der Waals surface area contributed by atoms with Gasteiger partial charge in [-0.1, -0.05) is 48.5 Å². The van der Waals surface area contributed by atoms with E-state index in [9.17, 15) is 0 Å². The van der Waals surface area contributed by atoms with Crippen molar-refractivity contribution in [1.29, 1.82) is 0 Å². The van der Waals surface area contributed by atoms with Gasteiger partial charge in [-0.3, -0.25) is 0 Å². The van der Waals surface area contributed by atoms with Crippen LogP contribution in [0.2, 0.25) is 0 Å². The van der Waals surface area contributed by atoms with E-state index in [-0.39, 0.29) is 7.43 Å². The van der Waals surface area contributed by atoms with E-state index in [1.54, 1.807) is 0 Å². The highest BCUT2D eigenvalue weighted by Crippen LogP contribution is 2.41. The quantitative estimate of drug-likeness (QED) is 0.586. The normalized spacial score (nSPS) is 33.2. The minimum absolute atomic E-state index is 0. The summed E-state index contributed by atoms with van der Waals surface area (Å²) in [5.74, 6) is 4.73. The van der Waals surface area contributed by atoms with Crippen LogP contribution in [-0.2, 0) is 0 Å². The summed E-state index contributed by atoms with van der Waals surface area (Å²) >= 11 is 0. The zero-order valence-corrected chi connectivity index (χ0v) is 10.0. The lowest BCUT2D eigenvalue weighted by Crippen LogP contribution is -2.30. The van der Waals surface area contributed by atoms with Crippen molar-refractivity contribution in [2.75, 3.05) is 0 Å². The molecule has 1 rings (SSSR count). The van der Waals surface area contributed by atoms with Gasteiger partial charge in [0.05, 0.1) is 0 Å². The Balaban J connectivity index is 0.00000169. The second-order valence-electron chi connectivity index (χ2n) is 5.73. The Labute approximate surface area is 91.5 Å². The third-order valence-corrected chi connectivity index (χ3v) is 3.93. The smallest absolute Gasteiger partial charge is 0.0358 e. The van der Waals surface area contributed by atoms with Crippen molar-refractivity contribution in [3.05, 3.63) is 0 Å². The molecule has 14 heavy (non-hydrogen) atoms. The number of hydrogen-bond donors (Lipinski definition) is 0. The van der Waals surface area contributed by atoms with E-state index in [0.717, 1.165) is 29.6 Å². The van der Waals surface area contributed by atoms with E-state index in [2.05, 4.69) is 34.6 Å². The topological polar surface area (TPSA) is 0 Å². The summed E-state index contributed by atoms with van der Waals surface area (Å²) in [7, 11) is 0. The van der Waals surface area contributed by atoms with Crippen LogP contribution in [0.25, 0.3) is 0 Å². The molecule has 0 nitrogen and oxygen atoms in total. The molecular weight excluding hydrogens is 168 g/mol. The van der Waals surface area contributed by atoms with Crippen molar-refractivity contribution in [3.63, 3.8) is 0 Å². The minimum atomic E-state index is 0. The molecular formula is C14H30. The van der Waals surface area contributed by atoms with Gasteiger partial charge < -0.3 is 0 Å². The third-order valence-electron chi connectivity index (χ3n) is 3.93. The fraction of sp³-hybridized carbons (Fsp3) is 1.00. The van der Waals surface area contributed by atoms with Crippen LogP contribution in [0, 0.1) is 29.6 Å². The van der Waals surface area contributed by atoms with Crippen LogP contribution in [0.5, 0.6) is 0 Å². The molecule has 0 radical (unpaired) electrons. The van der Waals surface area contributed by atoms with E-state index in [0.29, 0.717) is 0 Å². The highest BCUT2D eigenvalue weighted by atomic mass is 14.4. The molecule has 0 heterocycles. The second kappa shape index (κ2) is 5.78. The molecule has 0 saturated heterocycles. The highest BCUT2D eigenvalue weighted by Gasteiger charge is 2.32. The Morgan fingerprint density at radius 3 is 1.79 bits per heavy atom. The molecule has 1 saturated carbocycles. The molecule has 1 aliphatic carbocycles. The van der Waals surface area contributed by atoms with E-state index in [1.165, 1.54) is 19.3 Å². The van der Waals surface area contributed by atoms with Crippen LogP contribution in [0.3, 0.4) is 0 Å². The molecule has 3 unspecified atom stereocenters. The predicted molar refractivity (Wildman–Crippen MR) is 66.4 cm³/mol. The van der Waals surface area contributed by atoms with Gasteiger partial charge in [-0.2, -0.15) is 0 Å². The van der Waals surface area contributed by atoms with Gasteiger partial charge in [0.1, 0.15) is 0 Å². The van der Waals surface area contributed by atoms with Gasteiger partial charge in [0.15, 0.2) is 0 Å². The molecule has 3 atom stereocenters. The first-order valence-corrected chi connectivity index (χ1v) is 6.02. The molecule has 0 bridgehead atoms. The lowest BCUT2D eigenvalue weighted by molar-refractivity contribution is 0.106. The van der Waals surface area contributed by atoms with Gasteiger partial charge in [-0.25, -0.2) is 0 Å². The second-order valence-corrected chi connectivity index (χ2v) is 5.73. The molecule has 86 valence electrons. The maximum atomic E-state index is 2.42. The monoisotopic (exact) mass is 198 g/mol. The highest BCUT2D eigenvalue weighted by molar-refractivity contribution is 4.82. The fourth-order valence-corrected chi connectivity index (χ4v) is 3.04. The first-order valence-electron chi connectivity index (χ1n) is 6.02. The summed E-state index contributed by atoms with van der Waals surface area (Å²) in [6.45, 7) is 12.0. The SMILES string of the molecule is C.CC1CCC(C(C)C)C(C(C)C)C1. The largest absolute Gasteiger partial charge is 0.0776 e. The lowest BCUT2D eigenvalue weighted by atomic mass is 9.66. The zero-order chi connectivity index (χ0) is 10.0. The zero-order valence-electron chi connectivity index (χ0n) is 10.0. The first-order chi connectivity index (χ1) is 6.02. The average molecular weight is 198 g/mol. The molecule has 0 aromatic heterocycles. The summed E-state index contributed by atoms with van der Waals surface area (Å²) < 4.78 is 0. The maximum Gasteiger partial charge on any atom is -0.0358 e. The van der Waals surface area contributed by atoms with Crippen molar-refractivity contribution < 1.29 is 0 Å². The van der Waals surface area contributed by atoms with Crippen molar-refractivity contribution in [1.82, 2.24) is 0 Å². The van der Waals surface area contributed by atoms with Gasteiger partial charge in [0.25, 0.3) is 0 Å². The van der Waals surface area contributed by atoms with E-state index in [1.807, 2.05) is 0 Å². The van der Waals surface area contributed by atoms with Crippen LogP contribution >= 0.6 is 0 Å². The molecule has 0 aromatic rings. The molecule has 0 N–H and O–H groups in total. The molecule has 0 amide bonds. The number of rotatable bonds is 2. The van der Waals surface area contributed by atoms with Crippen molar-refractivity contribution >= 4 is 0 Å². The van der Waals surface area contributed by atoms with E-state index < -0.39 is 0 Å². The van der Waals surface area contributed by atoms with Crippen LogP contribution in [0.1, 0.15) is 61.3 Å². The number of hydrogen-bond acceptors (Lipinski definition) is 0. The standard InChI is InChI=1S/C13H26.CH4/c1-9(2)12-7-6-11(5)8-13(12)10(3)4;/h9-13H,6-8H2,1-5H3;1H4. The van der Waals surface area contributed by atoms with Gasteiger partial charge >= 0.3 is 0 Å². The Bertz CT molecular complexity index is 146. The van der Waals surface area contributed by atoms with Gasteiger partial charge in [0, 0.05) is 0 Å². The summed E-state index contributed by atoms with van der Waals surface area (Å²) in [6, 6.07) is 0. The van der Waals surface area contributed by atoms with Crippen LogP contribution in [0.15, 0.2) is 0 Å². The lowest BCUT2D eigenvalue weighted by Gasteiger charge is -2.39. The third kappa shape index (κ3) is 3.29. The Kier molecular flexibility index (Phi) is 5.78. The molecule has 0 heteroatoms. The van der Waals surface area contributed by atoms with Crippen molar-refractivity contribution in [3.8, 4) is 0 Å². The van der Waals surface area contributed by atoms with Crippen LogP contribution in [-0.4, -0.2) is 0 Å². The van der Waals surface area contributed by atoms with Crippen molar-refractivity contribution in [2.24, 2.45) is 29.6 Å². The Morgan fingerprint density at radius 1 is 0.857 bits per heavy atom. The summed E-state index contributed by atoms with van der Waals surface area (Å²) in [5.41, 5.74) is 0. The minimum Gasteiger partial charge on any atom is -0.0776 e. The molecule has 1 fully saturated rings. The van der Waals surface area contributed by atoms with Gasteiger partial charge in [0.2, 0.25) is 0 Å². The first kappa shape index (κ1) is 14.0. The van der Waals surface area contributed by atoms with E-state index >= 15 is 0 Å². The summed E-state index contributed by atoms with van der Waals surface area (Å²) in [6.07, 6.45) is 4.41. The summed E-state index contributed by atoms with van der Waals surface area (Å²) in [4.78, 5) is 0. The predicted octanol–water partition coefficient (Wildman–Crippen LogP) is 4.99. The van der Waals surface area contributed by atoms with Crippen molar-refractivity contribution in [2.45, 2.75) is 61.3 Å². The molecule has 0 aromatic carbocycles. The van der Waals surface area contributed by atoms with Gasteiger partial charge in [-0.05, 0) is 42.4 Å². The molecule has 0 spiro atoms. The summed E-state index contributed by atoms with van der Waals surface area (Å²) in [5, 5.41) is 0. The Hall–Kier alpha value is 0. The fourth-order valence-electron chi connectivity index (χ4n) is 3.04. The molecule has 0 aliphatic heterocycles. The van der Waals surface area contributed by atoms with Crippen LogP contribution in [0.4, 0.5) is 0 Å².